The van der Waals surface area contributed by atoms with Gasteiger partial charge in [-0.25, -0.2) is 33.3 Å². The molecule has 32 heavy (non-hydrogen) atoms. The van der Waals surface area contributed by atoms with Crippen LogP contribution in [0.1, 0.15) is 25.7 Å². The number of nitrogens with zero attached hydrogens (tertiary/aromatic N) is 4. The zero-order chi connectivity index (χ0) is 23.1. The lowest BCUT2D eigenvalue weighted by atomic mass is 9.90. The van der Waals surface area contributed by atoms with E-state index >= 15 is 0 Å². The second-order valence-electron chi connectivity index (χ2n) is 7.27. The number of pyridine rings is 1. The van der Waals surface area contributed by atoms with Crippen LogP contribution >= 0.6 is 0 Å². The van der Waals surface area contributed by atoms with Gasteiger partial charge in [0.2, 0.25) is 0 Å². The average Bonchev–Trinajstić information content (AvgIpc) is 2.79. The Morgan fingerprint density at radius 3 is 2.31 bits per heavy atom. The molecule has 0 aliphatic heterocycles. The number of aromatic nitrogens is 3. The number of alkyl halides is 2. The number of ether oxygens (including phenoxy) is 1. The van der Waals surface area contributed by atoms with Crippen LogP contribution < -0.4 is 20.3 Å². The predicted molar refractivity (Wildman–Crippen MR) is 111 cm³/mol. The van der Waals surface area contributed by atoms with E-state index in [1.54, 1.807) is 30.7 Å². The Balaban J connectivity index is 1.78. The highest BCUT2D eigenvalue weighted by molar-refractivity contribution is 5.91. The lowest BCUT2D eigenvalue weighted by Gasteiger charge is -2.36. The standard InChI is InChI=1S/C20H24F2N6O4/c1-32-18-24-9-13(10-25-18)12-2-7-17(23-8-12)28(19(29)26-11-16(21)22)15-5-3-14(4-6-15)27-20(30)31/h2,7-10,14-16,27H,3-6,11H2,1H3,(H,26,29)(H,30,31). The first-order valence-corrected chi connectivity index (χ1v) is 10.0. The number of urea groups is 1. The SMILES string of the molecule is COc1ncc(-c2ccc(N(C(=O)NCC(F)F)C3CCC(NC(=O)O)CC3)nc2)cn1. The highest BCUT2D eigenvalue weighted by Gasteiger charge is 2.31. The van der Waals surface area contributed by atoms with E-state index < -0.39 is 25.1 Å². The zero-order valence-corrected chi connectivity index (χ0v) is 17.4. The quantitative estimate of drug-likeness (QED) is 0.591. The first kappa shape index (κ1) is 23.1. The summed E-state index contributed by atoms with van der Waals surface area (Å²) in [5.41, 5.74) is 1.40. The summed E-state index contributed by atoms with van der Waals surface area (Å²) in [6.45, 7) is -0.771. The molecule has 12 heteroatoms. The van der Waals surface area contributed by atoms with Crippen molar-refractivity contribution in [1.29, 1.82) is 0 Å². The fourth-order valence-electron chi connectivity index (χ4n) is 3.63. The molecule has 3 rings (SSSR count). The maximum atomic E-state index is 12.7. The minimum atomic E-state index is -2.68. The van der Waals surface area contributed by atoms with Crippen LogP contribution in [0.25, 0.3) is 11.1 Å². The molecule has 0 atom stereocenters. The number of methoxy groups -OCH3 is 1. The highest BCUT2D eigenvalue weighted by atomic mass is 19.3. The third-order valence-electron chi connectivity index (χ3n) is 5.15. The number of carboxylic acid groups (broad SMARTS) is 1. The van der Waals surface area contributed by atoms with E-state index in [9.17, 15) is 18.4 Å². The molecule has 0 spiro atoms. The summed E-state index contributed by atoms with van der Waals surface area (Å²) < 4.78 is 30.2. The Kier molecular flexibility index (Phi) is 7.68. The Hall–Kier alpha value is -3.57. The van der Waals surface area contributed by atoms with Gasteiger partial charge < -0.3 is 20.5 Å². The fourth-order valence-corrected chi connectivity index (χ4v) is 3.63. The monoisotopic (exact) mass is 450 g/mol. The second-order valence-corrected chi connectivity index (χ2v) is 7.27. The van der Waals surface area contributed by atoms with E-state index in [2.05, 4.69) is 25.6 Å². The largest absolute Gasteiger partial charge is 0.467 e. The molecule has 0 radical (unpaired) electrons. The number of hydrogen-bond acceptors (Lipinski definition) is 6. The summed E-state index contributed by atoms with van der Waals surface area (Å²) in [4.78, 5) is 37.4. The lowest BCUT2D eigenvalue weighted by molar-refractivity contribution is 0.146. The van der Waals surface area contributed by atoms with E-state index in [1.165, 1.54) is 12.0 Å². The van der Waals surface area contributed by atoms with Crippen molar-refractivity contribution in [3.8, 4) is 17.1 Å². The second kappa shape index (κ2) is 10.6. The van der Waals surface area contributed by atoms with Crippen molar-refractivity contribution < 1.29 is 28.2 Å². The van der Waals surface area contributed by atoms with Gasteiger partial charge in [-0.1, -0.05) is 0 Å². The lowest BCUT2D eigenvalue weighted by Crippen LogP contribution is -2.50. The summed E-state index contributed by atoms with van der Waals surface area (Å²) in [5, 5.41) is 13.6. The molecule has 0 aromatic carbocycles. The van der Waals surface area contributed by atoms with Crippen LogP contribution in [-0.4, -0.2) is 64.3 Å². The molecule has 0 unspecified atom stereocenters. The van der Waals surface area contributed by atoms with Crippen LogP contribution in [0, 0.1) is 0 Å². The smallest absolute Gasteiger partial charge is 0.404 e. The molecule has 2 heterocycles. The topological polar surface area (TPSA) is 130 Å². The fraction of sp³-hybridized carbons (Fsp3) is 0.450. The molecule has 10 nitrogen and oxygen atoms in total. The van der Waals surface area contributed by atoms with E-state index in [1.807, 2.05) is 0 Å². The van der Waals surface area contributed by atoms with Crippen molar-refractivity contribution in [3.63, 3.8) is 0 Å². The van der Waals surface area contributed by atoms with Gasteiger partial charge in [-0.15, -0.1) is 0 Å². The van der Waals surface area contributed by atoms with Gasteiger partial charge in [0.05, 0.1) is 13.7 Å². The Morgan fingerprint density at radius 1 is 1.12 bits per heavy atom. The molecule has 3 N–H and O–H groups in total. The number of rotatable bonds is 7. The third-order valence-corrected chi connectivity index (χ3v) is 5.15. The third kappa shape index (κ3) is 5.99. The average molecular weight is 450 g/mol. The Bertz CT molecular complexity index is 905. The minimum absolute atomic E-state index is 0.208. The molecule has 1 aliphatic rings. The van der Waals surface area contributed by atoms with Crippen LogP contribution in [0.5, 0.6) is 6.01 Å². The van der Waals surface area contributed by atoms with E-state index in [0.29, 0.717) is 42.6 Å². The predicted octanol–water partition coefficient (Wildman–Crippen LogP) is 2.91. The first-order chi connectivity index (χ1) is 15.4. The number of carbonyl (C=O) groups excluding carboxylic acids is 1. The number of nitrogens with one attached hydrogen (secondary N) is 2. The minimum Gasteiger partial charge on any atom is -0.467 e. The zero-order valence-electron chi connectivity index (χ0n) is 17.4. The van der Waals surface area contributed by atoms with Gasteiger partial charge in [0.1, 0.15) is 5.82 Å². The first-order valence-electron chi connectivity index (χ1n) is 10.0. The van der Waals surface area contributed by atoms with E-state index in [0.717, 1.165) is 0 Å². The maximum absolute atomic E-state index is 12.7. The Labute approximate surface area is 183 Å². The van der Waals surface area contributed by atoms with Crippen molar-refractivity contribution in [2.75, 3.05) is 18.6 Å². The van der Waals surface area contributed by atoms with Crippen LogP contribution in [0.4, 0.5) is 24.2 Å². The summed E-state index contributed by atoms with van der Waals surface area (Å²) in [5.74, 6) is 0.310. The van der Waals surface area contributed by atoms with Gasteiger partial charge in [-0.2, -0.15) is 0 Å². The molecule has 1 saturated carbocycles. The molecule has 3 amide bonds. The maximum Gasteiger partial charge on any atom is 0.404 e. The summed E-state index contributed by atoms with van der Waals surface area (Å²) in [6, 6.07) is 2.41. The summed E-state index contributed by atoms with van der Waals surface area (Å²) in [7, 11) is 1.46. The molecule has 1 fully saturated rings. The van der Waals surface area contributed by atoms with Gasteiger partial charge in [0.25, 0.3) is 6.43 Å². The molecule has 2 aromatic rings. The van der Waals surface area contributed by atoms with Crippen molar-refractivity contribution in [3.05, 3.63) is 30.7 Å². The number of carbonyl (C=O) groups is 2. The summed E-state index contributed by atoms with van der Waals surface area (Å²) >= 11 is 0. The number of anilines is 1. The van der Waals surface area contributed by atoms with Gasteiger partial charge in [0.15, 0.2) is 0 Å². The van der Waals surface area contributed by atoms with Crippen LogP contribution in [-0.2, 0) is 0 Å². The normalized spacial score (nSPS) is 18.1. The van der Waals surface area contributed by atoms with Crippen molar-refractivity contribution >= 4 is 17.9 Å². The van der Waals surface area contributed by atoms with E-state index in [-0.39, 0.29) is 18.1 Å². The van der Waals surface area contributed by atoms with Gasteiger partial charge >= 0.3 is 18.1 Å². The highest BCUT2D eigenvalue weighted by Crippen LogP contribution is 2.28. The van der Waals surface area contributed by atoms with Crippen molar-refractivity contribution in [2.45, 2.75) is 44.2 Å². The molecular formula is C20H24F2N6O4. The molecule has 2 aromatic heterocycles. The molecular weight excluding hydrogens is 426 g/mol. The molecule has 172 valence electrons. The number of hydrogen-bond donors (Lipinski definition) is 3. The van der Waals surface area contributed by atoms with Crippen molar-refractivity contribution in [2.24, 2.45) is 0 Å². The van der Waals surface area contributed by atoms with Crippen molar-refractivity contribution in [1.82, 2.24) is 25.6 Å². The van der Waals surface area contributed by atoms with E-state index in [4.69, 9.17) is 9.84 Å². The van der Waals surface area contributed by atoms with Gasteiger partial charge in [-0.3, -0.25) is 4.90 Å². The Morgan fingerprint density at radius 2 is 1.78 bits per heavy atom. The number of halogens is 2. The van der Waals surface area contributed by atoms with Crippen LogP contribution in [0.3, 0.4) is 0 Å². The molecule has 1 aliphatic carbocycles. The van der Waals surface area contributed by atoms with Gasteiger partial charge in [0, 0.05) is 41.8 Å². The van der Waals surface area contributed by atoms with Crippen LogP contribution in [0.2, 0.25) is 0 Å². The summed E-state index contributed by atoms with van der Waals surface area (Å²) in [6.07, 6.45) is 2.98. The number of amides is 3. The van der Waals surface area contributed by atoms with Crippen LogP contribution in [0.15, 0.2) is 30.7 Å². The molecule has 0 bridgehead atoms. The molecule has 0 saturated heterocycles. The van der Waals surface area contributed by atoms with Gasteiger partial charge in [-0.05, 0) is 37.8 Å².